The first-order chi connectivity index (χ1) is 16.2. The maximum Gasteiger partial charge on any atom is 0.0799 e. The summed E-state index contributed by atoms with van der Waals surface area (Å²) in [5.41, 5.74) is 0. The van der Waals surface area contributed by atoms with E-state index in [2.05, 4.69) is 13.8 Å². The molecule has 0 fully saturated rings. The fourth-order valence-corrected chi connectivity index (χ4v) is 4.95. The van der Waals surface area contributed by atoms with Gasteiger partial charge in [-0.3, -0.25) is 0 Å². The maximum absolute atomic E-state index is 10.2. The molecule has 0 saturated carbocycles. The van der Waals surface area contributed by atoms with Crippen molar-refractivity contribution >= 4 is 0 Å². The Kier molecular flexibility index (Phi) is 28.1. The molecule has 0 bridgehead atoms. The van der Waals surface area contributed by atoms with Crippen LogP contribution in [0.3, 0.4) is 0 Å². The van der Waals surface area contributed by atoms with Crippen LogP contribution < -0.4 is 0 Å². The monoisotopic (exact) mass is 468 g/mol. The van der Waals surface area contributed by atoms with E-state index >= 15 is 0 Å². The molecule has 0 spiro atoms. The quantitative estimate of drug-likeness (QED) is 0.112. The molecule has 2 atom stereocenters. The number of hydrogen-bond donors (Lipinski definition) is 2. The molecule has 2 heteroatoms. The molecule has 0 aliphatic rings. The van der Waals surface area contributed by atoms with Crippen LogP contribution in [0, 0.1) is 0 Å². The molecular weight excluding hydrogens is 404 g/mol. The van der Waals surface area contributed by atoms with Crippen molar-refractivity contribution in [2.75, 3.05) is 0 Å². The van der Waals surface area contributed by atoms with Crippen molar-refractivity contribution in [1.29, 1.82) is 0 Å². The Hall–Kier alpha value is -0.0800. The summed E-state index contributed by atoms with van der Waals surface area (Å²) in [7, 11) is 0. The van der Waals surface area contributed by atoms with Crippen LogP contribution >= 0.6 is 0 Å². The lowest BCUT2D eigenvalue weighted by atomic mass is 9.99. The van der Waals surface area contributed by atoms with Gasteiger partial charge in [-0.05, 0) is 12.8 Å². The van der Waals surface area contributed by atoms with Crippen molar-refractivity contribution in [3.8, 4) is 0 Å². The second-order valence-corrected chi connectivity index (χ2v) is 10.8. The number of aliphatic hydroxyl groups is 2. The third-order valence-electron chi connectivity index (χ3n) is 7.40. The minimum absolute atomic E-state index is 0.509. The summed E-state index contributed by atoms with van der Waals surface area (Å²) >= 11 is 0. The minimum Gasteiger partial charge on any atom is -0.390 e. The van der Waals surface area contributed by atoms with Crippen LogP contribution in [0.25, 0.3) is 0 Å². The highest BCUT2D eigenvalue weighted by molar-refractivity contribution is 4.67. The Morgan fingerprint density at radius 3 is 0.697 bits per heavy atom. The van der Waals surface area contributed by atoms with E-state index in [-0.39, 0.29) is 0 Å². The van der Waals surface area contributed by atoms with Gasteiger partial charge in [-0.1, -0.05) is 174 Å². The Morgan fingerprint density at radius 1 is 0.303 bits per heavy atom. The first-order valence-electron chi connectivity index (χ1n) is 15.6. The lowest BCUT2D eigenvalue weighted by molar-refractivity contribution is 0.00711. The third-order valence-corrected chi connectivity index (χ3v) is 7.40. The summed E-state index contributed by atoms with van der Waals surface area (Å²) in [4.78, 5) is 0. The molecule has 200 valence electrons. The zero-order chi connectivity index (χ0) is 24.2. The number of rotatable bonds is 28. The van der Waals surface area contributed by atoms with E-state index in [0.717, 1.165) is 25.7 Å². The predicted octanol–water partition coefficient (Wildman–Crippen LogP) is 10.3. The van der Waals surface area contributed by atoms with Crippen molar-refractivity contribution in [3.63, 3.8) is 0 Å². The second kappa shape index (κ2) is 28.2. The molecule has 0 aromatic rings. The normalized spacial score (nSPS) is 13.5. The fraction of sp³-hybridized carbons (Fsp3) is 1.00. The van der Waals surface area contributed by atoms with E-state index in [0.29, 0.717) is 0 Å². The van der Waals surface area contributed by atoms with E-state index in [4.69, 9.17) is 0 Å². The van der Waals surface area contributed by atoms with Gasteiger partial charge < -0.3 is 10.2 Å². The molecule has 2 unspecified atom stereocenters. The minimum atomic E-state index is -0.509. The van der Waals surface area contributed by atoms with Crippen molar-refractivity contribution in [1.82, 2.24) is 0 Å². The van der Waals surface area contributed by atoms with Gasteiger partial charge in [-0.15, -0.1) is 0 Å². The lowest BCUT2D eigenvalue weighted by Gasteiger charge is -2.17. The third kappa shape index (κ3) is 26.4. The Morgan fingerprint density at radius 2 is 0.485 bits per heavy atom. The highest BCUT2D eigenvalue weighted by atomic mass is 16.3. The van der Waals surface area contributed by atoms with Gasteiger partial charge in [0.25, 0.3) is 0 Å². The lowest BCUT2D eigenvalue weighted by Crippen LogP contribution is -2.25. The molecule has 0 saturated heterocycles. The fourth-order valence-electron chi connectivity index (χ4n) is 4.95. The number of aliphatic hydroxyl groups excluding tert-OH is 2. The first-order valence-corrected chi connectivity index (χ1v) is 15.6. The molecule has 0 radical (unpaired) electrons. The van der Waals surface area contributed by atoms with Gasteiger partial charge in [0.2, 0.25) is 0 Å². The molecule has 0 amide bonds. The van der Waals surface area contributed by atoms with E-state index in [9.17, 15) is 10.2 Å². The smallest absolute Gasteiger partial charge is 0.0799 e. The van der Waals surface area contributed by atoms with Crippen LogP contribution in [0.4, 0.5) is 0 Å². The van der Waals surface area contributed by atoms with E-state index in [1.807, 2.05) is 0 Å². The molecule has 0 rings (SSSR count). The van der Waals surface area contributed by atoms with Crippen molar-refractivity contribution in [3.05, 3.63) is 0 Å². The van der Waals surface area contributed by atoms with Crippen molar-refractivity contribution in [2.45, 2.75) is 199 Å². The molecule has 0 aliphatic carbocycles. The topological polar surface area (TPSA) is 40.5 Å². The van der Waals surface area contributed by atoms with E-state index in [1.54, 1.807) is 0 Å². The Labute approximate surface area is 209 Å². The summed E-state index contributed by atoms with van der Waals surface area (Å²) < 4.78 is 0. The molecule has 0 aromatic heterocycles. The summed E-state index contributed by atoms with van der Waals surface area (Å²) in [5.74, 6) is 0. The molecule has 0 heterocycles. The van der Waals surface area contributed by atoms with Crippen LogP contribution in [-0.4, -0.2) is 22.4 Å². The van der Waals surface area contributed by atoms with Crippen molar-refractivity contribution in [2.24, 2.45) is 0 Å². The number of hydrogen-bond acceptors (Lipinski definition) is 2. The van der Waals surface area contributed by atoms with Crippen molar-refractivity contribution < 1.29 is 10.2 Å². The van der Waals surface area contributed by atoms with Crippen LogP contribution in [-0.2, 0) is 0 Å². The van der Waals surface area contributed by atoms with Crippen LogP contribution in [0.2, 0.25) is 0 Å². The summed E-state index contributed by atoms with van der Waals surface area (Å²) in [6.45, 7) is 4.56. The summed E-state index contributed by atoms with van der Waals surface area (Å²) in [5, 5.41) is 20.4. The second-order valence-electron chi connectivity index (χ2n) is 10.8. The van der Waals surface area contributed by atoms with Gasteiger partial charge >= 0.3 is 0 Å². The van der Waals surface area contributed by atoms with Gasteiger partial charge in [0.05, 0.1) is 12.2 Å². The molecule has 2 N–H and O–H groups in total. The Balaban J connectivity index is 3.28. The molecule has 0 aromatic carbocycles. The molecule has 33 heavy (non-hydrogen) atoms. The number of unbranched alkanes of at least 4 members (excludes halogenated alkanes) is 23. The molecule has 2 nitrogen and oxygen atoms in total. The standard InChI is InChI=1S/C31H64O2/c1-3-5-7-9-11-13-15-17-19-21-23-25-27-29-31(33)30(32)28-26-24-22-20-18-16-14-12-10-8-6-4-2/h30-33H,3-29H2,1-2H3. The summed E-state index contributed by atoms with van der Waals surface area (Å²) in [6.07, 6.45) is 34.2. The van der Waals surface area contributed by atoms with Crippen LogP contribution in [0.1, 0.15) is 187 Å². The van der Waals surface area contributed by atoms with Gasteiger partial charge in [-0.25, -0.2) is 0 Å². The summed E-state index contributed by atoms with van der Waals surface area (Å²) in [6, 6.07) is 0. The maximum atomic E-state index is 10.2. The van der Waals surface area contributed by atoms with Gasteiger partial charge in [-0.2, -0.15) is 0 Å². The average molecular weight is 469 g/mol. The van der Waals surface area contributed by atoms with Gasteiger partial charge in [0, 0.05) is 0 Å². The van der Waals surface area contributed by atoms with E-state index in [1.165, 1.54) is 148 Å². The molecular formula is C31H64O2. The highest BCUT2D eigenvalue weighted by Gasteiger charge is 2.15. The zero-order valence-electron chi connectivity index (χ0n) is 23.1. The zero-order valence-corrected chi connectivity index (χ0v) is 23.1. The Bertz CT molecular complexity index is 344. The average Bonchev–Trinajstić information content (AvgIpc) is 2.82. The SMILES string of the molecule is CCCCCCCCCCCCCCCC(O)C(O)CCCCCCCCCCCCCC. The van der Waals surface area contributed by atoms with Crippen LogP contribution in [0.5, 0.6) is 0 Å². The first kappa shape index (κ1) is 32.9. The van der Waals surface area contributed by atoms with E-state index < -0.39 is 12.2 Å². The predicted molar refractivity (Wildman–Crippen MR) is 148 cm³/mol. The highest BCUT2D eigenvalue weighted by Crippen LogP contribution is 2.17. The van der Waals surface area contributed by atoms with Gasteiger partial charge in [0.1, 0.15) is 0 Å². The largest absolute Gasteiger partial charge is 0.390 e. The van der Waals surface area contributed by atoms with Crippen LogP contribution in [0.15, 0.2) is 0 Å². The van der Waals surface area contributed by atoms with Gasteiger partial charge in [0.15, 0.2) is 0 Å². The molecule has 0 aliphatic heterocycles.